The lowest BCUT2D eigenvalue weighted by Gasteiger charge is -2.05. The smallest absolute Gasteiger partial charge is 0.340 e. The van der Waals surface area contributed by atoms with E-state index in [1.165, 1.54) is 11.8 Å². The van der Waals surface area contributed by atoms with Crippen molar-refractivity contribution in [1.29, 1.82) is 0 Å². The van der Waals surface area contributed by atoms with Crippen LogP contribution in [0, 0.1) is 13.8 Å². The molecule has 2 aromatic heterocycles. The van der Waals surface area contributed by atoms with Gasteiger partial charge >= 0.3 is 5.97 Å². The summed E-state index contributed by atoms with van der Waals surface area (Å²) in [7, 11) is 0. The van der Waals surface area contributed by atoms with Gasteiger partial charge in [-0.15, -0.1) is 11.8 Å². The van der Waals surface area contributed by atoms with Crippen molar-refractivity contribution in [2.45, 2.75) is 25.7 Å². The number of aryl methyl sites for hydroxylation is 1. The van der Waals surface area contributed by atoms with E-state index in [0.717, 1.165) is 15.8 Å². The van der Waals surface area contributed by atoms with Crippen LogP contribution in [0.4, 0.5) is 0 Å². The number of rotatable bonds is 6. The summed E-state index contributed by atoms with van der Waals surface area (Å²) in [6.45, 7) is 5.61. The highest BCUT2D eigenvalue weighted by molar-refractivity contribution is 8.00. The lowest BCUT2D eigenvalue weighted by Crippen LogP contribution is -2.08. The van der Waals surface area contributed by atoms with Crippen molar-refractivity contribution < 1.29 is 14.3 Å². The van der Waals surface area contributed by atoms with E-state index < -0.39 is 5.97 Å². The number of ether oxygens (including phenoxy) is 1. The van der Waals surface area contributed by atoms with Gasteiger partial charge in [0.05, 0.1) is 29.1 Å². The van der Waals surface area contributed by atoms with E-state index in [1.807, 2.05) is 30.3 Å². The Bertz CT molecular complexity index is 973. The van der Waals surface area contributed by atoms with E-state index in [1.54, 1.807) is 27.0 Å². The zero-order chi connectivity index (χ0) is 18.7. The summed E-state index contributed by atoms with van der Waals surface area (Å²) in [6.07, 6.45) is 1.75. The maximum Gasteiger partial charge on any atom is 0.340 e. The predicted octanol–water partition coefficient (Wildman–Crippen LogP) is 4.33. The maximum atomic E-state index is 12.7. The molecule has 0 fully saturated rings. The quantitative estimate of drug-likeness (QED) is 0.398. The first-order valence-electron chi connectivity index (χ1n) is 8.39. The van der Waals surface area contributed by atoms with Crippen LogP contribution in [0.25, 0.3) is 10.9 Å². The second-order valence-electron chi connectivity index (χ2n) is 5.88. The van der Waals surface area contributed by atoms with Crippen LogP contribution in [-0.4, -0.2) is 34.1 Å². The van der Waals surface area contributed by atoms with Gasteiger partial charge in [0.15, 0.2) is 5.78 Å². The summed E-state index contributed by atoms with van der Waals surface area (Å²) in [5.41, 5.74) is 3.13. The molecule has 0 saturated carbocycles. The minimum atomic E-state index is -0.398. The number of carbonyl (C=O) groups is 2. The molecule has 1 aromatic carbocycles. The van der Waals surface area contributed by atoms with E-state index in [0.29, 0.717) is 29.1 Å². The van der Waals surface area contributed by atoms with Gasteiger partial charge in [0.25, 0.3) is 0 Å². The van der Waals surface area contributed by atoms with E-state index in [2.05, 4.69) is 9.97 Å². The predicted molar refractivity (Wildman–Crippen MR) is 103 cm³/mol. The van der Waals surface area contributed by atoms with Gasteiger partial charge in [-0.2, -0.15) is 0 Å². The molecule has 2 heterocycles. The van der Waals surface area contributed by atoms with Crippen molar-refractivity contribution in [1.82, 2.24) is 9.97 Å². The zero-order valence-corrected chi connectivity index (χ0v) is 15.8. The number of nitrogens with zero attached hydrogens (tertiary/aromatic N) is 1. The Balaban J connectivity index is 1.80. The molecule has 0 saturated heterocycles. The van der Waals surface area contributed by atoms with E-state index >= 15 is 0 Å². The SMILES string of the molecule is CCOC(=O)c1c(C)[nH]c(C(=O)CSc2ccnc3ccccc23)c1C. The number of thioether (sulfide) groups is 1. The summed E-state index contributed by atoms with van der Waals surface area (Å²) in [5.74, 6) is -0.172. The Morgan fingerprint density at radius 3 is 2.73 bits per heavy atom. The third-order valence-corrected chi connectivity index (χ3v) is 5.24. The fourth-order valence-electron chi connectivity index (χ4n) is 2.95. The number of benzene rings is 1. The van der Waals surface area contributed by atoms with E-state index in [9.17, 15) is 9.59 Å². The van der Waals surface area contributed by atoms with Crippen molar-refractivity contribution >= 4 is 34.4 Å². The molecular formula is C20H20N2O3S. The second kappa shape index (κ2) is 7.74. The van der Waals surface area contributed by atoms with Gasteiger partial charge in [0.1, 0.15) is 0 Å². The molecule has 0 bridgehead atoms. The molecule has 0 aliphatic rings. The maximum absolute atomic E-state index is 12.7. The number of aromatic nitrogens is 2. The number of ketones is 1. The molecule has 5 nitrogen and oxygen atoms in total. The number of carbonyl (C=O) groups excluding carboxylic acids is 2. The third kappa shape index (κ3) is 3.51. The number of hydrogen-bond acceptors (Lipinski definition) is 5. The zero-order valence-electron chi connectivity index (χ0n) is 15.0. The van der Waals surface area contributed by atoms with Crippen molar-refractivity contribution in [3.63, 3.8) is 0 Å². The van der Waals surface area contributed by atoms with Gasteiger partial charge in [0.2, 0.25) is 0 Å². The lowest BCUT2D eigenvalue weighted by atomic mass is 10.1. The number of esters is 1. The van der Waals surface area contributed by atoms with E-state index in [-0.39, 0.29) is 11.5 Å². The Hall–Kier alpha value is -2.60. The molecule has 0 amide bonds. The minimum Gasteiger partial charge on any atom is -0.462 e. The fraction of sp³-hybridized carbons (Fsp3) is 0.250. The number of Topliss-reactive ketones (excluding diaryl/α,β-unsaturated/α-hetero) is 1. The largest absolute Gasteiger partial charge is 0.462 e. The van der Waals surface area contributed by atoms with Crippen molar-refractivity contribution in [3.8, 4) is 0 Å². The first kappa shape index (κ1) is 18.2. The molecule has 6 heteroatoms. The monoisotopic (exact) mass is 368 g/mol. The van der Waals surface area contributed by atoms with Crippen LogP contribution in [0.2, 0.25) is 0 Å². The van der Waals surface area contributed by atoms with Crippen molar-refractivity contribution in [2.24, 2.45) is 0 Å². The van der Waals surface area contributed by atoms with Crippen LogP contribution in [0.3, 0.4) is 0 Å². The molecule has 0 aliphatic heterocycles. The highest BCUT2D eigenvalue weighted by atomic mass is 32.2. The minimum absolute atomic E-state index is 0.0490. The molecule has 0 unspecified atom stereocenters. The van der Waals surface area contributed by atoms with Gasteiger partial charge in [-0.05, 0) is 38.5 Å². The lowest BCUT2D eigenvalue weighted by molar-refractivity contribution is 0.0525. The summed E-state index contributed by atoms with van der Waals surface area (Å²) >= 11 is 1.47. The fourth-order valence-corrected chi connectivity index (χ4v) is 3.87. The molecule has 3 rings (SSSR count). The molecule has 0 spiro atoms. The Morgan fingerprint density at radius 1 is 1.19 bits per heavy atom. The molecule has 0 aliphatic carbocycles. The first-order valence-corrected chi connectivity index (χ1v) is 9.37. The number of aromatic amines is 1. The highest BCUT2D eigenvalue weighted by Gasteiger charge is 2.22. The third-order valence-electron chi connectivity index (χ3n) is 4.16. The Kier molecular flexibility index (Phi) is 5.42. The molecule has 134 valence electrons. The summed E-state index contributed by atoms with van der Waals surface area (Å²) in [4.78, 5) is 33.2. The average Bonchev–Trinajstić information content (AvgIpc) is 2.94. The Morgan fingerprint density at radius 2 is 1.96 bits per heavy atom. The number of pyridine rings is 1. The highest BCUT2D eigenvalue weighted by Crippen LogP contribution is 2.28. The van der Waals surface area contributed by atoms with Gasteiger partial charge in [-0.3, -0.25) is 9.78 Å². The number of fused-ring (bicyclic) bond motifs is 1. The normalized spacial score (nSPS) is 10.9. The van der Waals surface area contributed by atoms with Crippen molar-refractivity contribution in [3.05, 3.63) is 59.0 Å². The number of hydrogen-bond donors (Lipinski definition) is 1. The molecule has 26 heavy (non-hydrogen) atoms. The first-order chi connectivity index (χ1) is 12.5. The van der Waals surface area contributed by atoms with E-state index in [4.69, 9.17) is 4.74 Å². The van der Waals surface area contributed by atoms with Gasteiger partial charge in [-0.25, -0.2) is 4.79 Å². The number of nitrogens with one attached hydrogen (secondary N) is 1. The topological polar surface area (TPSA) is 72.1 Å². The average molecular weight is 368 g/mol. The summed E-state index contributed by atoms with van der Waals surface area (Å²) in [6, 6.07) is 9.76. The molecule has 3 aromatic rings. The second-order valence-corrected chi connectivity index (χ2v) is 6.90. The van der Waals surface area contributed by atoms with Crippen LogP contribution in [-0.2, 0) is 4.74 Å². The van der Waals surface area contributed by atoms with Crippen LogP contribution in [0.1, 0.15) is 39.0 Å². The number of para-hydroxylation sites is 1. The summed E-state index contributed by atoms with van der Waals surface area (Å²) in [5, 5.41) is 1.03. The molecular weight excluding hydrogens is 348 g/mol. The molecule has 0 atom stereocenters. The molecule has 1 N–H and O–H groups in total. The van der Waals surface area contributed by atoms with Crippen LogP contribution >= 0.6 is 11.8 Å². The van der Waals surface area contributed by atoms with Crippen molar-refractivity contribution in [2.75, 3.05) is 12.4 Å². The molecule has 0 radical (unpaired) electrons. The van der Waals surface area contributed by atoms with Crippen LogP contribution < -0.4 is 0 Å². The summed E-state index contributed by atoms with van der Waals surface area (Å²) < 4.78 is 5.08. The Labute approximate surface area is 156 Å². The van der Waals surface area contributed by atoms with Gasteiger partial charge < -0.3 is 9.72 Å². The standard InChI is InChI=1S/C20H20N2O3S/c1-4-25-20(24)18-12(2)19(22-13(18)3)16(23)11-26-17-9-10-21-15-8-6-5-7-14(15)17/h5-10,22H,4,11H2,1-3H3. The van der Waals surface area contributed by atoms with Crippen LogP contribution in [0.15, 0.2) is 41.4 Å². The number of H-pyrrole nitrogens is 1. The van der Waals surface area contributed by atoms with Gasteiger partial charge in [0, 0.05) is 22.2 Å². The van der Waals surface area contributed by atoms with Gasteiger partial charge in [-0.1, -0.05) is 18.2 Å². The van der Waals surface area contributed by atoms with Crippen LogP contribution in [0.5, 0.6) is 0 Å².